The van der Waals surface area contributed by atoms with Gasteiger partial charge >= 0.3 is 0 Å². The number of halogens is 2. The van der Waals surface area contributed by atoms with E-state index in [-0.39, 0.29) is 5.91 Å². The molecule has 2 rings (SSSR count). The summed E-state index contributed by atoms with van der Waals surface area (Å²) in [5.41, 5.74) is 0.695. The molecule has 2 nitrogen and oxygen atoms in total. The minimum absolute atomic E-state index is 0.149. The number of thiol groups is 1. The van der Waals surface area contributed by atoms with Crippen LogP contribution in [0.1, 0.15) is 9.67 Å². The van der Waals surface area contributed by atoms with Gasteiger partial charge in [-0.1, -0.05) is 11.6 Å². The fraction of sp³-hybridized carbons (Fsp3) is 0. The number of benzene rings is 1. The van der Waals surface area contributed by atoms with Crippen LogP contribution in [0.15, 0.2) is 39.0 Å². The molecule has 0 atom stereocenters. The van der Waals surface area contributed by atoms with E-state index in [0.29, 0.717) is 15.6 Å². The Morgan fingerprint density at radius 1 is 1.41 bits per heavy atom. The van der Waals surface area contributed by atoms with Crippen molar-refractivity contribution in [1.29, 1.82) is 0 Å². The fourth-order valence-corrected chi connectivity index (χ4v) is 2.75. The minimum atomic E-state index is -0.149. The SMILES string of the molecule is O=C(Nc1ccc(Cl)c(Br)c1)c1cc(S)cs1. The number of nitrogens with one attached hydrogen (secondary N) is 1. The highest BCUT2D eigenvalue weighted by Crippen LogP contribution is 2.26. The zero-order valence-electron chi connectivity index (χ0n) is 8.41. The first-order chi connectivity index (χ1) is 8.06. The van der Waals surface area contributed by atoms with E-state index in [1.165, 1.54) is 11.3 Å². The van der Waals surface area contributed by atoms with Crippen molar-refractivity contribution in [2.75, 3.05) is 5.32 Å². The van der Waals surface area contributed by atoms with Crippen molar-refractivity contribution in [3.8, 4) is 0 Å². The van der Waals surface area contributed by atoms with Gasteiger partial charge in [0.25, 0.3) is 5.91 Å². The summed E-state index contributed by atoms with van der Waals surface area (Å²) in [5.74, 6) is -0.149. The highest BCUT2D eigenvalue weighted by Gasteiger charge is 2.09. The lowest BCUT2D eigenvalue weighted by Crippen LogP contribution is -2.09. The van der Waals surface area contributed by atoms with Crippen LogP contribution in [0.4, 0.5) is 5.69 Å². The van der Waals surface area contributed by atoms with E-state index in [1.807, 2.05) is 5.38 Å². The number of amides is 1. The van der Waals surface area contributed by atoms with Crippen molar-refractivity contribution < 1.29 is 4.79 Å². The lowest BCUT2D eigenvalue weighted by molar-refractivity contribution is 0.103. The zero-order chi connectivity index (χ0) is 12.4. The molecule has 1 N–H and O–H groups in total. The third-order valence-corrected chi connectivity index (χ3v) is 4.56. The Morgan fingerprint density at radius 3 is 2.76 bits per heavy atom. The fourth-order valence-electron chi connectivity index (χ4n) is 1.21. The molecule has 0 aliphatic rings. The third-order valence-electron chi connectivity index (χ3n) is 1.99. The molecule has 6 heteroatoms. The molecule has 17 heavy (non-hydrogen) atoms. The molecule has 0 fully saturated rings. The van der Waals surface area contributed by atoms with Gasteiger partial charge in [0.1, 0.15) is 0 Å². The molecule has 0 bridgehead atoms. The van der Waals surface area contributed by atoms with E-state index in [2.05, 4.69) is 33.9 Å². The topological polar surface area (TPSA) is 29.1 Å². The van der Waals surface area contributed by atoms with Crippen molar-refractivity contribution in [2.24, 2.45) is 0 Å². The molecule has 0 saturated carbocycles. The van der Waals surface area contributed by atoms with E-state index in [1.54, 1.807) is 24.3 Å². The smallest absolute Gasteiger partial charge is 0.265 e. The van der Waals surface area contributed by atoms with Gasteiger partial charge < -0.3 is 5.32 Å². The summed E-state index contributed by atoms with van der Waals surface area (Å²) < 4.78 is 0.748. The summed E-state index contributed by atoms with van der Waals surface area (Å²) in [6.07, 6.45) is 0. The Bertz CT molecular complexity index is 570. The maximum Gasteiger partial charge on any atom is 0.265 e. The van der Waals surface area contributed by atoms with E-state index in [9.17, 15) is 4.79 Å². The van der Waals surface area contributed by atoms with Crippen LogP contribution < -0.4 is 5.32 Å². The molecule has 0 unspecified atom stereocenters. The summed E-state index contributed by atoms with van der Waals surface area (Å²) in [4.78, 5) is 13.3. The molecular weight excluding hydrogens is 342 g/mol. The Labute approximate surface area is 122 Å². The molecule has 1 aromatic heterocycles. The Hall–Kier alpha value is -0.490. The first-order valence-electron chi connectivity index (χ1n) is 4.60. The minimum Gasteiger partial charge on any atom is -0.321 e. The number of hydrogen-bond acceptors (Lipinski definition) is 3. The molecule has 0 saturated heterocycles. The second-order valence-electron chi connectivity index (χ2n) is 3.25. The van der Waals surface area contributed by atoms with Gasteiger partial charge in [0, 0.05) is 20.4 Å². The van der Waals surface area contributed by atoms with Gasteiger partial charge in [0.2, 0.25) is 0 Å². The molecule has 2 aromatic rings. The molecule has 0 spiro atoms. The number of anilines is 1. The van der Waals surface area contributed by atoms with Gasteiger partial charge in [0.15, 0.2) is 0 Å². The predicted molar refractivity (Wildman–Crippen MR) is 78.7 cm³/mol. The average molecular weight is 349 g/mol. The van der Waals surface area contributed by atoms with Gasteiger partial charge in [-0.05, 0) is 40.2 Å². The highest BCUT2D eigenvalue weighted by molar-refractivity contribution is 9.10. The molecule has 0 radical (unpaired) electrons. The van der Waals surface area contributed by atoms with Crippen LogP contribution in [0.3, 0.4) is 0 Å². The number of carbonyl (C=O) groups excluding carboxylic acids is 1. The van der Waals surface area contributed by atoms with E-state index < -0.39 is 0 Å². The van der Waals surface area contributed by atoms with Gasteiger partial charge in [-0.25, -0.2) is 0 Å². The number of carbonyl (C=O) groups is 1. The molecule has 0 aliphatic carbocycles. The van der Waals surface area contributed by atoms with Crippen LogP contribution in [0.25, 0.3) is 0 Å². The Kier molecular flexibility index (Phi) is 4.14. The van der Waals surface area contributed by atoms with E-state index in [0.717, 1.165) is 9.37 Å². The van der Waals surface area contributed by atoms with Gasteiger partial charge in [-0.3, -0.25) is 4.79 Å². The van der Waals surface area contributed by atoms with Crippen molar-refractivity contribution >= 4 is 63.1 Å². The van der Waals surface area contributed by atoms with Crippen LogP contribution >= 0.6 is 51.5 Å². The number of thiophene rings is 1. The lowest BCUT2D eigenvalue weighted by Gasteiger charge is -2.04. The van der Waals surface area contributed by atoms with Gasteiger partial charge in [-0.2, -0.15) is 0 Å². The number of hydrogen-bond donors (Lipinski definition) is 2. The lowest BCUT2D eigenvalue weighted by atomic mass is 10.3. The van der Waals surface area contributed by atoms with Crippen molar-refractivity contribution in [2.45, 2.75) is 4.90 Å². The van der Waals surface area contributed by atoms with Crippen LogP contribution in [0.5, 0.6) is 0 Å². The maximum atomic E-state index is 11.8. The van der Waals surface area contributed by atoms with Crippen LogP contribution in [0, 0.1) is 0 Å². The highest BCUT2D eigenvalue weighted by atomic mass is 79.9. The Morgan fingerprint density at radius 2 is 2.18 bits per heavy atom. The van der Waals surface area contributed by atoms with Crippen LogP contribution in [-0.2, 0) is 0 Å². The molecule has 1 amide bonds. The summed E-state index contributed by atoms with van der Waals surface area (Å²) in [7, 11) is 0. The standard InChI is InChI=1S/C11H7BrClNOS2/c12-8-3-6(1-2-9(8)13)14-11(15)10-4-7(16)5-17-10/h1-5,16H,(H,14,15). The quantitative estimate of drug-likeness (QED) is 0.756. The van der Waals surface area contributed by atoms with Crippen molar-refractivity contribution in [3.63, 3.8) is 0 Å². The van der Waals surface area contributed by atoms with Crippen LogP contribution in [0.2, 0.25) is 5.02 Å². The first kappa shape index (κ1) is 13.0. The van der Waals surface area contributed by atoms with Crippen molar-refractivity contribution in [1.82, 2.24) is 0 Å². The maximum absolute atomic E-state index is 11.8. The molecule has 1 heterocycles. The number of rotatable bonds is 2. The van der Waals surface area contributed by atoms with Gasteiger partial charge in [-0.15, -0.1) is 24.0 Å². The monoisotopic (exact) mass is 347 g/mol. The zero-order valence-corrected chi connectivity index (χ0v) is 12.5. The molecular formula is C11H7BrClNOS2. The van der Waals surface area contributed by atoms with Gasteiger partial charge in [0.05, 0.1) is 9.90 Å². The molecule has 0 aliphatic heterocycles. The van der Waals surface area contributed by atoms with E-state index >= 15 is 0 Å². The third kappa shape index (κ3) is 3.25. The predicted octanol–water partition coefficient (Wildman–Crippen LogP) is 4.71. The molecule has 88 valence electrons. The summed E-state index contributed by atoms with van der Waals surface area (Å²) in [6, 6.07) is 6.96. The normalized spacial score (nSPS) is 10.3. The Balaban J connectivity index is 2.15. The summed E-state index contributed by atoms with van der Waals surface area (Å²) in [6.45, 7) is 0. The van der Waals surface area contributed by atoms with E-state index in [4.69, 9.17) is 11.6 Å². The molecule has 1 aromatic carbocycles. The summed E-state index contributed by atoms with van der Waals surface area (Å²) in [5, 5.41) is 5.21. The second-order valence-corrected chi connectivity index (χ2v) is 5.94. The van der Waals surface area contributed by atoms with Crippen molar-refractivity contribution in [3.05, 3.63) is 44.0 Å². The van der Waals surface area contributed by atoms with Crippen LogP contribution in [-0.4, -0.2) is 5.91 Å². The largest absolute Gasteiger partial charge is 0.321 e. The summed E-state index contributed by atoms with van der Waals surface area (Å²) >= 11 is 14.7. The second kappa shape index (κ2) is 5.44. The first-order valence-corrected chi connectivity index (χ1v) is 7.10. The average Bonchev–Trinajstić information content (AvgIpc) is 2.70.